The molecule has 0 saturated carbocycles. The van der Waals surface area contributed by atoms with Crippen LogP contribution in [-0.4, -0.2) is 23.6 Å². The van der Waals surface area contributed by atoms with E-state index in [4.69, 9.17) is 4.74 Å². The van der Waals surface area contributed by atoms with Crippen LogP contribution in [0.3, 0.4) is 0 Å². The molecule has 1 aromatic carbocycles. The van der Waals surface area contributed by atoms with Gasteiger partial charge in [0.15, 0.2) is 0 Å². The molecule has 3 rings (SSSR count). The maximum absolute atomic E-state index is 12.8. The summed E-state index contributed by atoms with van der Waals surface area (Å²) in [6.45, 7) is 0.300. The Morgan fingerprint density at radius 1 is 1.23 bits per heavy atom. The van der Waals surface area contributed by atoms with Crippen molar-refractivity contribution in [2.45, 2.75) is 19.1 Å². The third kappa shape index (κ3) is 4.07. The predicted octanol–water partition coefficient (Wildman–Crippen LogP) is 2.23. The fraction of sp³-hybridized carbons (Fsp3) is 0.333. The molecule has 1 unspecified atom stereocenters. The highest BCUT2D eigenvalue weighted by atomic mass is 19.4. The van der Waals surface area contributed by atoms with Crippen LogP contribution in [0.2, 0.25) is 0 Å². The molecule has 0 saturated heterocycles. The number of carbonyl (C=O) groups is 1. The number of rotatable bonds is 4. The fourth-order valence-electron chi connectivity index (χ4n) is 2.87. The van der Waals surface area contributed by atoms with Crippen LogP contribution in [0.5, 0.6) is 5.75 Å². The molecule has 0 fully saturated rings. The third-order valence-corrected chi connectivity index (χ3v) is 4.18. The van der Waals surface area contributed by atoms with E-state index < -0.39 is 29.8 Å². The zero-order valence-corrected chi connectivity index (χ0v) is 13.8. The Morgan fingerprint density at radius 2 is 2.00 bits per heavy atom. The number of para-hydroxylation sites is 1. The number of alkyl halides is 3. The Morgan fingerprint density at radius 3 is 2.77 bits per heavy atom. The normalized spacial score (nSPS) is 16.5. The Balaban J connectivity index is 1.58. The standard InChI is InChI=1S/C18H17F3N2O3/c19-18(20,21)14-5-3-7-23(17(14)25)10-16(24)22-9-12-8-13-4-1-2-6-15(13)26-11-12/h1-7,12H,8-11H2,(H,22,24). The lowest BCUT2D eigenvalue weighted by Gasteiger charge is -2.25. The molecule has 1 aromatic heterocycles. The number of fused-ring (bicyclic) bond motifs is 1. The average molecular weight is 366 g/mol. The molecular weight excluding hydrogens is 349 g/mol. The first-order valence-electron chi connectivity index (χ1n) is 8.08. The summed E-state index contributed by atoms with van der Waals surface area (Å²) in [4.78, 5) is 23.9. The van der Waals surface area contributed by atoms with Crippen molar-refractivity contribution >= 4 is 5.91 Å². The number of amides is 1. The fourth-order valence-corrected chi connectivity index (χ4v) is 2.87. The maximum Gasteiger partial charge on any atom is 0.421 e. The van der Waals surface area contributed by atoms with Crippen LogP contribution < -0.4 is 15.6 Å². The molecule has 2 heterocycles. The summed E-state index contributed by atoms with van der Waals surface area (Å²) in [5.41, 5.74) is -1.47. The highest BCUT2D eigenvalue weighted by Gasteiger charge is 2.34. The molecule has 1 atom stereocenters. The van der Waals surface area contributed by atoms with Crippen molar-refractivity contribution in [1.29, 1.82) is 0 Å². The number of pyridine rings is 1. The monoisotopic (exact) mass is 366 g/mol. The van der Waals surface area contributed by atoms with Gasteiger partial charge in [0.2, 0.25) is 5.91 Å². The van der Waals surface area contributed by atoms with E-state index >= 15 is 0 Å². The Hall–Kier alpha value is -2.77. The van der Waals surface area contributed by atoms with E-state index in [1.165, 1.54) is 0 Å². The van der Waals surface area contributed by atoms with E-state index in [1.807, 2.05) is 24.3 Å². The van der Waals surface area contributed by atoms with Crippen LogP contribution in [0.15, 0.2) is 47.4 Å². The summed E-state index contributed by atoms with van der Waals surface area (Å²) in [5.74, 6) is 0.364. The average Bonchev–Trinajstić information content (AvgIpc) is 2.60. The van der Waals surface area contributed by atoms with Gasteiger partial charge in [0.1, 0.15) is 17.9 Å². The van der Waals surface area contributed by atoms with Gasteiger partial charge in [-0.05, 0) is 30.2 Å². The number of halogens is 3. The molecule has 0 radical (unpaired) electrons. The first-order valence-corrected chi connectivity index (χ1v) is 8.08. The first-order chi connectivity index (χ1) is 12.3. The number of ether oxygens (including phenoxy) is 1. The van der Waals surface area contributed by atoms with Gasteiger partial charge in [-0.25, -0.2) is 0 Å². The maximum atomic E-state index is 12.8. The lowest BCUT2D eigenvalue weighted by atomic mass is 9.97. The van der Waals surface area contributed by atoms with Gasteiger partial charge in [0.25, 0.3) is 5.56 Å². The molecule has 138 valence electrons. The summed E-state index contributed by atoms with van der Waals surface area (Å²) in [5, 5.41) is 2.66. The molecule has 1 aliphatic rings. The second-order valence-corrected chi connectivity index (χ2v) is 6.15. The number of hydrogen-bond acceptors (Lipinski definition) is 3. The molecular formula is C18H17F3N2O3. The van der Waals surface area contributed by atoms with Gasteiger partial charge in [-0.2, -0.15) is 13.2 Å². The minimum absolute atomic E-state index is 0.0621. The Labute approximate surface area is 147 Å². The van der Waals surface area contributed by atoms with Crippen LogP contribution >= 0.6 is 0 Å². The SMILES string of the molecule is O=C(Cn1cccc(C(F)(F)F)c1=O)NCC1COc2ccccc2C1. The zero-order chi connectivity index (χ0) is 18.7. The third-order valence-electron chi connectivity index (χ3n) is 4.18. The second-order valence-electron chi connectivity index (χ2n) is 6.15. The minimum Gasteiger partial charge on any atom is -0.493 e. The van der Waals surface area contributed by atoms with Crippen molar-refractivity contribution in [2.75, 3.05) is 13.2 Å². The molecule has 0 aliphatic carbocycles. The molecule has 0 spiro atoms. The Bertz CT molecular complexity index is 861. The first kappa shape index (κ1) is 18.0. The van der Waals surface area contributed by atoms with Crippen LogP contribution in [0.4, 0.5) is 13.2 Å². The molecule has 26 heavy (non-hydrogen) atoms. The van der Waals surface area contributed by atoms with E-state index in [2.05, 4.69) is 5.32 Å². The van der Waals surface area contributed by atoms with Crippen molar-refractivity contribution in [3.8, 4) is 5.75 Å². The largest absolute Gasteiger partial charge is 0.493 e. The number of carbonyl (C=O) groups excluding carboxylic acids is 1. The molecule has 5 nitrogen and oxygen atoms in total. The number of nitrogens with zero attached hydrogens (tertiary/aromatic N) is 1. The van der Waals surface area contributed by atoms with E-state index in [9.17, 15) is 22.8 Å². The van der Waals surface area contributed by atoms with E-state index in [-0.39, 0.29) is 5.92 Å². The summed E-state index contributed by atoms with van der Waals surface area (Å²) in [6.07, 6.45) is -2.85. The van der Waals surface area contributed by atoms with Gasteiger partial charge >= 0.3 is 6.18 Å². The summed E-state index contributed by atoms with van der Waals surface area (Å²) in [6, 6.07) is 9.42. The summed E-state index contributed by atoms with van der Waals surface area (Å²) in [7, 11) is 0. The number of nitrogens with one attached hydrogen (secondary N) is 1. The van der Waals surface area contributed by atoms with Crippen LogP contribution in [0.25, 0.3) is 0 Å². The number of hydrogen-bond donors (Lipinski definition) is 1. The van der Waals surface area contributed by atoms with Gasteiger partial charge in [0, 0.05) is 18.7 Å². The van der Waals surface area contributed by atoms with Crippen molar-refractivity contribution < 1.29 is 22.7 Å². The van der Waals surface area contributed by atoms with Gasteiger partial charge in [-0.1, -0.05) is 18.2 Å². The smallest absolute Gasteiger partial charge is 0.421 e. The van der Waals surface area contributed by atoms with Crippen molar-refractivity contribution in [3.63, 3.8) is 0 Å². The minimum atomic E-state index is -4.75. The quantitative estimate of drug-likeness (QED) is 0.903. The second kappa shape index (κ2) is 7.23. The topological polar surface area (TPSA) is 60.3 Å². The highest BCUT2D eigenvalue weighted by molar-refractivity contribution is 5.75. The van der Waals surface area contributed by atoms with Gasteiger partial charge in [0.05, 0.1) is 6.61 Å². The molecule has 1 amide bonds. The van der Waals surface area contributed by atoms with Crippen molar-refractivity contribution in [1.82, 2.24) is 9.88 Å². The molecule has 1 aliphatic heterocycles. The predicted molar refractivity (Wildman–Crippen MR) is 87.8 cm³/mol. The lowest BCUT2D eigenvalue weighted by molar-refractivity contribution is -0.139. The van der Waals surface area contributed by atoms with Crippen LogP contribution in [-0.2, 0) is 23.9 Å². The number of aromatic nitrogens is 1. The molecule has 1 N–H and O–H groups in total. The van der Waals surface area contributed by atoms with Crippen LogP contribution in [0, 0.1) is 5.92 Å². The van der Waals surface area contributed by atoms with Crippen LogP contribution in [0.1, 0.15) is 11.1 Å². The van der Waals surface area contributed by atoms with Crippen molar-refractivity contribution in [2.24, 2.45) is 5.92 Å². The zero-order valence-electron chi connectivity index (χ0n) is 13.8. The van der Waals surface area contributed by atoms with E-state index in [1.54, 1.807) is 0 Å². The number of benzene rings is 1. The summed E-state index contributed by atoms with van der Waals surface area (Å²) < 4.78 is 44.6. The van der Waals surface area contributed by atoms with Gasteiger partial charge in [-0.3, -0.25) is 9.59 Å². The van der Waals surface area contributed by atoms with Gasteiger partial charge in [-0.15, -0.1) is 0 Å². The van der Waals surface area contributed by atoms with E-state index in [0.717, 1.165) is 34.6 Å². The molecule has 8 heteroatoms. The Kier molecular flexibility index (Phi) is 5.01. The molecule has 2 aromatic rings. The van der Waals surface area contributed by atoms with Crippen molar-refractivity contribution in [3.05, 3.63) is 64.1 Å². The van der Waals surface area contributed by atoms with E-state index in [0.29, 0.717) is 19.2 Å². The lowest BCUT2D eigenvalue weighted by Crippen LogP contribution is -2.38. The summed E-state index contributed by atoms with van der Waals surface area (Å²) >= 11 is 0. The highest BCUT2D eigenvalue weighted by Crippen LogP contribution is 2.27. The molecule has 0 bridgehead atoms. The van der Waals surface area contributed by atoms with Gasteiger partial charge < -0.3 is 14.6 Å².